The SMILES string of the molecule is CCC(CS(=O)(=O)c1ccccc1)NC(=NC)NC(C)c1ccc(F)cc1F.I. The first-order chi connectivity index (χ1) is 13.3. The van der Waals surface area contributed by atoms with Crippen LogP contribution in [0.4, 0.5) is 8.78 Å². The minimum atomic E-state index is -3.46. The lowest BCUT2D eigenvalue weighted by Gasteiger charge is -2.23. The summed E-state index contributed by atoms with van der Waals surface area (Å²) in [6, 6.07) is 10.8. The van der Waals surface area contributed by atoms with Crippen LogP contribution < -0.4 is 10.6 Å². The zero-order chi connectivity index (χ0) is 20.7. The molecule has 0 saturated heterocycles. The van der Waals surface area contributed by atoms with Crippen LogP contribution in [-0.4, -0.2) is 33.2 Å². The molecule has 2 atom stereocenters. The number of sulfone groups is 1. The maximum atomic E-state index is 14.0. The van der Waals surface area contributed by atoms with Crippen molar-refractivity contribution in [3.8, 4) is 0 Å². The van der Waals surface area contributed by atoms with Crippen molar-refractivity contribution in [2.75, 3.05) is 12.8 Å². The van der Waals surface area contributed by atoms with Gasteiger partial charge in [-0.1, -0.05) is 31.2 Å². The molecule has 29 heavy (non-hydrogen) atoms. The van der Waals surface area contributed by atoms with Crippen molar-refractivity contribution in [2.45, 2.75) is 37.2 Å². The number of nitrogens with one attached hydrogen (secondary N) is 2. The number of halogens is 3. The van der Waals surface area contributed by atoms with Crippen LogP contribution in [0.25, 0.3) is 0 Å². The van der Waals surface area contributed by atoms with Crippen LogP contribution >= 0.6 is 24.0 Å². The molecule has 160 valence electrons. The van der Waals surface area contributed by atoms with Gasteiger partial charge in [0.25, 0.3) is 0 Å². The highest BCUT2D eigenvalue weighted by molar-refractivity contribution is 14.0. The van der Waals surface area contributed by atoms with Gasteiger partial charge in [-0.25, -0.2) is 17.2 Å². The predicted octanol–water partition coefficient (Wildman–Crippen LogP) is 4.06. The molecule has 0 bridgehead atoms. The molecule has 0 heterocycles. The summed E-state index contributed by atoms with van der Waals surface area (Å²) >= 11 is 0. The highest BCUT2D eigenvalue weighted by atomic mass is 127. The van der Waals surface area contributed by atoms with E-state index >= 15 is 0 Å². The molecule has 2 N–H and O–H groups in total. The molecule has 0 saturated carbocycles. The van der Waals surface area contributed by atoms with Crippen molar-refractivity contribution in [1.82, 2.24) is 10.6 Å². The molecule has 9 heteroatoms. The van der Waals surface area contributed by atoms with E-state index in [0.29, 0.717) is 12.4 Å². The lowest BCUT2D eigenvalue weighted by Crippen LogP contribution is -2.46. The molecule has 2 rings (SSSR count). The molecular weight excluding hydrogens is 511 g/mol. The van der Waals surface area contributed by atoms with Crippen molar-refractivity contribution >= 4 is 39.8 Å². The smallest absolute Gasteiger partial charge is 0.191 e. The number of guanidine groups is 1. The Bertz CT molecular complexity index is 925. The van der Waals surface area contributed by atoms with Gasteiger partial charge in [0.2, 0.25) is 0 Å². The van der Waals surface area contributed by atoms with E-state index in [2.05, 4.69) is 15.6 Å². The molecule has 0 aromatic heterocycles. The first-order valence-corrected chi connectivity index (χ1v) is 10.6. The summed E-state index contributed by atoms with van der Waals surface area (Å²) in [5.74, 6) is -1.07. The lowest BCUT2D eigenvalue weighted by molar-refractivity contribution is 0.544. The van der Waals surface area contributed by atoms with E-state index in [1.807, 2.05) is 6.92 Å². The van der Waals surface area contributed by atoms with Crippen LogP contribution in [0.15, 0.2) is 58.4 Å². The van der Waals surface area contributed by atoms with Gasteiger partial charge in [-0.2, -0.15) is 0 Å². The van der Waals surface area contributed by atoms with E-state index in [0.717, 1.165) is 6.07 Å². The summed E-state index contributed by atoms with van der Waals surface area (Å²) in [4.78, 5) is 4.36. The summed E-state index contributed by atoms with van der Waals surface area (Å²) in [7, 11) is -1.92. The summed E-state index contributed by atoms with van der Waals surface area (Å²) < 4.78 is 52.3. The predicted molar refractivity (Wildman–Crippen MR) is 122 cm³/mol. The monoisotopic (exact) mass is 537 g/mol. The fourth-order valence-electron chi connectivity index (χ4n) is 2.75. The zero-order valence-corrected chi connectivity index (χ0v) is 19.7. The van der Waals surface area contributed by atoms with Crippen molar-refractivity contribution in [2.24, 2.45) is 4.99 Å². The van der Waals surface area contributed by atoms with E-state index in [-0.39, 0.29) is 46.2 Å². The number of hydrogen-bond acceptors (Lipinski definition) is 3. The Labute approximate surface area is 188 Å². The third kappa shape index (κ3) is 7.22. The van der Waals surface area contributed by atoms with Gasteiger partial charge in [-0.3, -0.25) is 4.99 Å². The molecular formula is C20H26F2IN3O2S. The van der Waals surface area contributed by atoms with E-state index in [1.165, 1.54) is 12.1 Å². The summed E-state index contributed by atoms with van der Waals surface area (Å²) in [5, 5.41) is 6.09. The average molecular weight is 537 g/mol. The van der Waals surface area contributed by atoms with Gasteiger partial charge in [0, 0.05) is 24.7 Å². The molecule has 0 spiro atoms. The Morgan fingerprint density at radius 1 is 1.10 bits per heavy atom. The van der Waals surface area contributed by atoms with Crippen LogP contribution in [0.3, 0.4) is 0 Å². The van der Waals surface area contributed by atoms with Gasteiger partial charge in [0.1, 0.15) is 11.6 Å². The number of nitrogens with zero attached hydrogens (tertiary/aromatic N) is 1. The molecule has 0 aliphatic rings. The quantitative estimate of drug-likeness (QED) is 0.318. The van der Waals surface area contributed by atoms with Crippen molar-refractivity contribution in [1.29, 1.82) is 0 Å². The fourth-order valence-corrected chi connectivity index (χ4v) is 4.36. The van der Waals surface area contributed by atoms with Crippen LogP contribution in [0.1, 0.15) is 31.9 Å². The van der Waals surface area contributed by atoms with E-state index in [4.69, 9.17) is 0 Å². The minimum absolute atomic E-state index is 0. The Kier molecular flexibility index (Phi) is 9.97. The normalized spacial score (nSPS) is 13.9. The molecule has 0 radical (unpaired) electrons. The summed E-state index contributed by atoms with van der Waals surface area (Å²) in [6.07, 6.45) is 0.548. The second kappa shape index (κ2) is 11.4. The Hall–Kier alpha value is -1.75. The van der Waals surface area contributed by atoms with Gasteiger partial charge in [-0.05, 0) is 31.5 Å². The molecule has 2 aromatic carbocycles. The number of benzene rings is 2. The molecule has 2 aromatic rings. The van der Waals surface area contributed by atoms with Crippen LogP contribution in [-0.2, 0) is 9.84 Å². The highest BCUT2D eigenvalue weighted by Gasteiger charge is 2.22. The summed E-state index contributed by atoms with van der Waals surface area (Å²) in [6.45, 7) is 3.58. The topological polar surface area (TPSA) is 70.6 Å². The van der Waals surface area contributed by atoms with Crippen molar-refractivity contribution in [3.63, 3.8) is 0 Å². The molecule has 5 nitrogen and oxygen atoms in total. The van der Waals surface area contributed by atoms with Crippen molar-refractivity contribution in [3.05, 3.63) is 65.7 Å². The van der Waals surface area contributed by atoms with Crippen LogP contribution in [0, 0.1) is 11.6 Å². The minimum Gasteiger partial charge on any atom is -0.353 e. The van der Waals surface area contributed by atoms with Gasteiger partial charge < -0.3 is 10.6 Å². The fraction of sp³-hybridized carbons (Fsp3) is 0.350. The maximum Gasteiger partial charge on any atom is 0.191 e. The van der Waals surface area contributed by atoms with Gasteiger partial charge >= 0.3 is 0 Å². The third-order valence-electron chi connectivity index (χ3n) is 4.36. The van der Waals surface area contributed by atoms with Gasteiger partial charge in [-0.15, -0.1) is 24.0 Å². The first kappa shape index (κ1) is 25.3. The second-order valence-corrected chi connectivity index (χ2v) is 8.48. The largest absolute Gasteiger partial charge is 0.353 e. The first-order valence-electron chi connectivity index (χ1n) is 8.99. The number of rotatable bonds is 7. The Morgan fingerprint density at radius 3 is 2.31 bits per heavy atom. The zero-order valence-electron chi connectivity index (χ0n) is 16.5. The van der Waals surface area contributed by atoms with Gasteiger partial charge in [0.15, 0.2) is 15.8 Å². The maximum absolute atomic E-state index is 14.0. The van der Waals surface area contributed by atoms with Crippen LogP contribution in [0.5, 0.6) is 0 Å². The van der Waals surface area contributed by atoms with E-state index in [1.54, 1.807) is 44.3 Å². The molecule has 0 amide bonds. The number of aliphatic imine (C=N–C) groups is 1. The third-order valence-corrected chi connectivity index (χ3v) is 6.19. The van der Waals surface area contributed by atoms with Crippen LogP contribution in [0.2, 0.25) is 0 Å². The van der Waals surface area contributed by atoms with E-state index in [9.17, 15) is 17.2 Å². The summed E-state index contributed by atoms with van der Waals surface area (Å²) in [5.41, 5.74) is 0.286. The Balaban J connectivity index is 0.00000420. The van der Waals surface area contributed by atoms with Gasteiger partial charge in [0.05, 0.1) is 16.7 Å². The Morgan fingerprint density at radius 2 is 1.76 bits per heavy atom. The highest BCUT2D eigenvalue weighted by Crippen LogP contribution is 2.18. The molecule has 0 aliphatic carbocycles. The van der Waals surface area contributed by atoms with E-state index < -0.39 is 27.5 Å². The standard InChI is InChI=1S/C20H25F2N3O2S.HI/c1-4-16(13-28(26,27)17-8-6-5-7-9-17)25-20(23-3)24-14(2)18-11-10-15(21)12-19(18)22;/h5-12,14,16H,4,13H2,1-3H3,(H2,23,24,25);1H. The second-order valence-electron chi connectivity index (χ2n) is 6.45. The number of hydrogen-bond donors (Lipinski definition) is 2. The average Bonchev–Trinajstić information content (AvgIpc) is 2.67. The molecule has 0 aliphatic heterocycles. The molecule has 0 fully saturated rings. The lowest BCUT2D eigenvalue weighted by atomic mass is 10.1. The molecule has 2 unspecified atom stereocenters. The van der Waals surface area contributed by atoms with Crippen molar-refractivity contribution < 1.29 is 17.2 Å².